The molecule has 106 valence electrons. The van der Waals surface area contributed by atoms with Gasteiger partial charge in [-0.25, -0.2) is 4.39 Å². The highest BCUT2D eigenvalue weighted by Gasteiger charge is 2.41. The van der Waals surface area contributed by atoms with Gasteiger partial charge in [0.05, 0.1) is 11.6 Å². The zero-order valence-corrected chi connectivity index (χ0v) is 11.5. The first-order chi connectivity index (χ1) is 9.54. The van der Waals surface area contributed by atoms with E-state index in [9.17, 15) is 14.0 Å². The number of halogens is 2. The van der Waals surface area contributed by atoms with E-state index in [1.54, 1.807) is 4.90 Å². The molecule has 1 aliphatic heterocycles. The maximum absolute atomic E-state index is 13.6. The number of amides is 2. The van der Waals surface area contributed by atoms with E-state index in [2.05, 4.69) is 5.32 Å². The molecule has 4 nitrogen and oxygen atoms in total. The number of carbonyl (C=O) groups excluding carboxylic acids is 2. The average molecular weight is 297 g/mol. The quantitative estimate of drug-likeness (QED) is 0.931. The van der Waals surface area contributed by atoms with Crippen LogP contribution in [0.1, 0.15) is 19.3 Å². The fourth-order valence-corrected chi connectivity index (χ4v) is 2.63. The molecule has 1 N–H and O–H groups in total. The third-order valence-electron chi connectivity index (χ3n) is 3.71. The fourth-order valence-electron chi connectivity index (χ4n) is 2.47. The number of likely N-dealkylation sites (tertiary alicyclic amines) is 1. The normalized spacial score (nSPS) is 22.2. The summed E-state index contributed by atoms with van der Waals surface area (Å²) < 4.78 is 13.6. The van der Waals surface area contributed by atoms with Crippen molar-refractivity contribution in [2.75, 3.05) is 11.9 Å². The van der Waals surface area contributed by atoms with Crippen molar-refractivity contribution in [2.45, 2.75) is 25.3 Å². The van der Waals surface area contributed by atoms with E-state index in [0.717, 1.165) is 18.9 Å². The lowest BCUT2D eigenvalue weighted by Gasteiger charge is -2.15. The molecule has 2 aliphatic rings. The molecule has 0 aromatic heterocycles. The lowest BCUT2D eigenvalue weighted by molar-refractivity contribution is -0.128. The van der Waals surface area contributed by atoms with Crippen molar-refractivity contribution < 1.29 is 14.0 Å². The van der Waals surface area contributed by atoms with E-state index in [-0.39, 0.29) is 28.9 Å². The first-order valence-electron chi connectivity index (χ1n) is 6.60. The van der Waals surface area contributed by atoms with Crippen molar-refractivity contribution in [3.05, 3.63) is 29.0 Å². The zero-order chi connectivity index (χ0) is 14.3. The van der Waals surface area contributed by atoms with Crippen LogP contribution in [-0.2, 0) is 9.59 Å². The molecule has 1 atom stereocenters. The van der Waals surface area contributed by atoms with Crippen LogP contribution < -0.4 is 5.32 Å². The largest absolute Gasteiger partial charge is 0.339 e. The Balaban J connectivity index is 1.66. The highest BCUT2D eigenvalue weighted by molar-refractivity contribution is 6.30. The van der Waals surface area contributed by atoms with Crippen LogP contribution in [0.15, 0.2) is 18.2 Å². The third-order valence-corrected chi connectivity index (χ3v) is 3.94. The van der Waals surface area contributed by atoms with Crippen LogP contribution in [0.5, 0.6) is 0 Å². The first kappa shape index (κ1) is 13.4. The molecule has 20 heavy (non-hydrogen) atoms. The number of nitrogens with one attached hydrogen (secondary N) is 1. The summed E-state index contributed by atoms with van der Waals surface area (Å²) in [6.07, 6.45) is 2.25. The van der Waals surface area contributed by atoms with Gasteiger partial charge in [0, 0.05) is 24.0 Å². The summed E-state index contributed by atoms with van der Waals surface area (Å²) in [5.41, 5.74) is 0.0942. The molecule has 6 heteroatoms. The van der Waals surface area contributed by atoms with Crippen molar-refractivity contribution in [3.8, 4) is 0 Å². The van der Waals surface area contributed by atoms with Gasteiger partial charge in [0.1, 0.15) is 5.82 Å². The van der Waals surface area contributed by atoms with Crippen LogP contribution in [0.3, 0.4) is 0 Å². The summed E-state index contributed by atoms with van der Waals surface area (Å²) in [5, 5.41) is 2.80. The molecule has 1 heterocycles. The molecule has 1 saturated carbocycles. The Morgan fingerprint density at radius 2 is 2.15 bits per heavy atom. The van der Waals surface area contributed by atoms with E-state index >= 15 is 0 Å². The van der Waals surface area contributed by atoms with Gasteiger partial charge in [-0.3, -0.25) is 9.59 Å². The van der Waals surface area contributed by atoms with Crippen molar-refractivity contribution in [1.82, 2.24) is 4.90 Å². The standard InChI is InChI=1S/C14H14ClFN2O2/c15-9-1-4-12(11(16)6-9)17-14(20)8-5-13(19)18(7-8)10-2-3-10/h1,4,6,8,10H,2-3,5,7H2,(H,17,20)/t8-/m1/s1. The highest BCUT2D eigenvalue weighted by Crippen LogP contribution is 2.33. The molecule has 0 unspecified atom stereocenters. The lowest BCUT2D eigenvalue weighted by atomic mass is 10.1. The minimum Gasteiger partial charge on any atom is -0.339 e. The number of carbonyl (C=O) groups is 2. The monoisotopic (exact) mass is 296 g/mol. The predicted octanol–water partition coefficient (Wildman–Crippen LogP) is 2.43. The van der Waals surface area contributed by atoms with Gasteiger partial charge in [-0.05, 0) is 31.0 Å². The minimum absolute atomic E-state index is 0.0178. The number of hydrogen-bond donors (Lipinski definition) is 1. The summed E-state index contributed by atoms with van der Waals surface area (Å²) in [6, 6.07) is 4.39. The maximum Gasteiger partial charge on any atom is 0.229 e. The second-order valence-electron chi connectivity index (χ2n) is 5.29. The van der Waals surface area contributed by atoms with Gasteiger partial charge in [0.25, 0.3) is 0 Å². The van der Waals surface area contributed by atoms with E-state index in [4.69, 9.17) is 11.6 Å². The summed E-state index contributed by atoms with van der Waals surface area (Å²) in [7, 11) is 0. The van der Waals surface area contributed by atoms with Gasteiger partial charge in [-0.15, -0.1) is 0 Å². The Hall–Kier alpha value is -1.62. The number of nitrogens with zero attached hydrogens (tertiary/aromatic N) is 1. The van der Waals surface area contributed by atoms with Crippen molar-refractivity contribution in [3.63, 3.8) is 0 Å². The molecule has 1 aromatic carbocycles. The van der Waals surface area contributed by atoms with Gasteiger partial charge in [-0.2, -0.15) is 0 Å². The molecule has 1 aliphatic carbocycles. The Kier molecular flexibility index (Phi) is 3.38. The molecular weight excluding hydrogens is 283 g/mol. The fraction of sp³-hybridized carbons (Fsp3) is 0.429. The molecule has 3 rings (SSSR count). The Labute approximate surface area is 120 Å². The van der Waals surface area contributed by atoms with E-state index in [0.29, 0.717) is 12.6 Å². The lowest BCUT2D eigenvalue weighted by Crippen LogP contribution is -2.30. The number of benzene rings is 1. The first-order valence-corrected chi connectivity index (χ1v) is 6.98. The molecule has 1 aromatic rings. The number of rotatable bonds is 3. The molecule has 0 spiro atoms. The summed E-state index contributed by atoms with van der Waals surface area (Å²) in [5.74, 6) is -1.28. The van der Waals surface area contributed by atoms with E-state index in [1.165, 1.54) is 12.1 Å². The Morgan fingerprint density at radius 1 is 1.40 bits per heavy atom. The summed E-state index contributed by atoms with van der Waals surface area (Å²) >= 11 is 5.66. The van der Waals surface area contributed by atoms with Gasteiger partial charge < -0.3 is 10.2 Å². The van der Waals surface area contributed by atoms with Gasteiger partial charge >= 0.3 is 0 Å². The highest BCUT2D eigenvalue weighted by atomic mass is 35.5. The van der Waals surface area contributed by atoms with Crippen molar-refractivity contribution in [2.24, 2.45) is 5.92 Å². The molecule has 0 bridgehead atoms. The molecule has 2 amide bonds. The average Bonchev–Trinajstić information content (AvgIpc) is 3.16. The number of anilines is 1. The van der Waals surface area contributed by atoms with Crippen LogP contribution in [0.25, 0.3) is 0 Å². The summed E-state index contributed by atoms with van der Waals surface area (Å²) in [6.45, 7) is 0.435. The SMILES string of the molecule is O=C(Nc1ccc(Cl)cc1F)[C@@H]1CC(=O)N(C2CC2)C1. The molecule has 1 saturated heterocycles. The summed E-state index contributed by atoms with van der Waals surface area (Å²) in [4.78, 5) is 25.7. The Morgan fingerprint density at radius 3 is 2.80 bits per heavy atom. The van der Waals surface area contributed by atoms with Crippen LogP contribution in [0.4, 0.5) is 10.1 Å². The molecular formula is C14H14ClFN2O2. The molecule has 2 fully saturated rings. The zero-order valence-electron chi connectivity index (χ0n) is 10.7. The van der Waals surface area contributed by atoms with Crippen LogP contribution in [-0.4, -0.2) is 29.3 Å². The molecule has 0 radical (unpaired) electrons. The second-order valence-corrected chi connectivity index (χ2v) is 5.73. The van der Waals surface area contributed by atoms with Gasteiger partial charge in [0.2, 0.25) is 11.8 Å². The van der Waals surface area contributed by atoms with Crippen LogP contribution in [0, 0.1) is 11.7 Å². The minimum atomic E-state index is -0.575. The van der Waals surface area contributed by atoms with E-state index in [1.807, 2.05) is 0 Å². The van der Waals surface area contributed by atoms with Crippen molar-refractivity contribution >= 4 is 29.1 Å². The predicted molar refractivity (Wildman–Crippen MR) is 72.9 cm³/mol. The van der Waals surface area contributed by atoms with Crippen LogP contribution in [0.2, 0.25) is 5.02 Å². The third kappa shape index (κ3) is 2.63. The Bertz CT molecular complexity index is 574. The number of hydrogen-bond acceptors (Lipinski definition) is 2. The van der Waals surface area contributed by atoms with Gasteiger partial charge in [0.15, 0.2) is 0 Å². The van der Waals surface area contributed by atoms with Crippen LogP contribution >= 0.6 is 11.6 Å². The topological polar surface area (TPSA) is 49.4 Å². The maximum atomic E-state index is 13.6. The van der Waals surface area contributed by atoms with Gasteiger partial charge in [-0.1, -0.05) is 11.6 Å². The van der Waals surface area contributed by atoms with E-state index < -0.39 is 11.7 Å². The smallest absolute Gasteiger partial charge is 0.229 e. The van der Waals surface area contributed by atoms with Crippen molar-refractivity contribution in [1.29, 1.82) is 0 Å². The second kappa shape index (κ2) is 5.05.